The molecule has 1 aromatic rings. The average molecular weight is 390 g/mol. The van der Waals surface area contributed by atoms with E-state index >= 15 is 0 Å². The van der Waals surface area contributed by atoms with Gasteiger partial charge < -0.3 is 9.64 Å². The highest BCUT2D eigenvalue weighted by Crippen LogP contribution is 2.39. The Hall–Kier alpha value is -0.895. The van der Waals surface area contributed by atoms with Crippen LogP contribution in [-0.4, -0.2) is 37.5 Å². The number of halogens is 2. The minimum absolute atomic E-state index is 0.00759. The molecule has 138 valence electrons. The second-order valence-corrected chi connectivity index (χ2v) is 8.22. The maximum atomic E-state index is 6.51. The summed E-state index contributed by atoms with van der Waals surface area (Å²) in [4.78, 5) is 1.93. The summed E-state index contributed by atoms with van der Waals surface area (Å²) in [7, 11) is 6.36. The summed E-state index contributed by atoms with van der Waals surface area (Å²) in [5.41, 5.74) is 2.39. The Morgan fingerprint density at radius 2 is 1.92 bits per heavy atom. The number of hydrogen-bond donors (Lipinski definition) is 0. The molecule has 1 saturated heterocycles. The molecule has 1 heterocycles. The Bertz CT molecular complexity index is 649. The van der Waals surface area contributed by atoms with Crippen molar-refractivity contribution in [2.75, 3.05) is 11.4 Å². The molecule has 1 aliphatic heterocycles. The monoisotopic (exact) mass is 389 g/mol. The molecule has 2 nitrogen and oxygen atoms in total. The molecule has 0 aromatic heterocycles. The topological polar surface area (TPSA) is 12.5 Å². The molecule has 1 aromatic carbocycles. The molecule has 0 bridgehead atoms. The lowest BCUT2D eigenvalue weighted by Gasteiger charge is -2.47. The quantitative estimate of drug-likeness (QED) is 0.510. The number of para-hydroxylation sites is 1. The van der Waals surface area contributed by atoms with Gasteiger partial charge in [0.1, 0.15) is 4.84 Å². The lowest BCUT2D eigenvalue weighted by Crippen LogP contribution is -2.53. The molecule has 5 atom stereocenters. The average Bonchev–Trinajstić information content (AvgIpc) is 2.63. The van der Waals surface area contributed by atoms with Crippen molar-refractivity contribution in [1.82, 2.24) is 0 Å². The molecular formula is C21H26BCl2NO. The second-order valence-electron chi connectivity index (χ2n) is 7.06. The van der Waals surface area contributed by atoms with Gasteiger partial charge in [-0.15, -0.1) is 23.2 Å². The van der Waals surface area contributed by atoms with Crippen LogP contribution in [0.5, 0.6) is 0 Å². The van der Waals surface area contributed by atoms with E-state index in [2.05, 4.69) is 49.1 Å². The number of fused-ring (bicyclic) bond motifs is 1. The van der Waals surface area contributed by atoms with E-state index in [0.29, 0.717) is 0 Å². The molecule has 2 radical (unpaired) electrons. The van der Waals surface area contributed by atoms with Gasteiger partial charge >= 0.3 is 0 Å². The van der Waals surface area contributed by atoms with E-state index in [0.717, 1.165) is 19.4 Å². The summed E-state index contributed by atoms with van der Waals surface area (Å²) >= 11 is 13.0. The fourth-order valence-electron chi connectivity index (χ4n) is 4.21. The first kappa shape index (κ1) is 19.9. The Labute approximate surface area is 168 Å². The van der Waals surface area contributed by atoms with Crippen molar-refractivity contribution < 1.29 is 4.74 Å². The number of allylic oxidation sites excluding steroid dienone is 2. The van der Waals surface area contributed by atoms with Crippen LogP contribution in [-0.2, 0) is 4.74 Å². The largest absolute Gasteiger partial charge is 0.370 e. The van der Waals surface area contributed by atoms with Crippen molar-refractivity contribution in [1.29, 1.82) is 0 Å². The first-order valence-electron chi connectivity index (χ1n) is 9.44. The van der Waals surface area contributed by atoms with Crippen LogP contribution in [0.3, 0.4) is 0 Å². The van der Waals surface area contributed by atoms with Crippen molar-refractivity contribution >= 4 is 36.7 Å². The van der Waals surface area contributed by atoms with Crippen LogP contribution >= 0.6 is 23.2 Å². The SMILES string of the molecule is [B]C1C=CC=C2CN(c3ccccc3)C(CC)C(C(Cl)Cl)C(CC)OC21. The number of rotatable bonds is 4. The van der Waals surface area contributed by atoms with Gasteiger partial charge in [-0.2, -0.15) is 0 Å². The van der Waals surface area contributed by atoms with E-state index in [1.54, 1.807) is 0 Å². The van der Waals surface area contributed by atoms with Gasteiger partial charge in [-0.1, -0.05) is 50.3 Å². The summed E-state index contributed by atoms with van der Waals surface area (Å²) in [5.74, 6) is -0.141. The summed E-state index contributed by atoms with van der Waals surface area (Å²) in [5, 5.41) is 0. The summed E-state index contributed by atoms with van der Waals surface area (Å²) in [6.45, 7) is 5.08. The third-order valence-corrected chi connectivity index (χ3v) is 6.09. The molecule has 3 rings (SSSR count). The molecule has 0 saturated carbocycles. The zero-order valence-electron chi connectivity index (χ0n) is 15.4. The molecule has 1 aliphatic carbocycles. The molecule has 26 heavy (non-hydrogen) atoms. The predicted molar refractivity (Wildman–Crippen MR) is 113 cm³/mol. The van der Waals surface area contributed by atoms with Crippen molar-refractivity contribution in [3.63, 3.8) is 0 Å². The Balaban J connectivity index is 2.07. The smallest absolute Gasteiger partial charge is 0.115 e. The fraction of sp³-hybridized carbons (Fsp3) is 0.524. The second kappa shape index (κ2) is 8.86. The first-order valence-corrected chi connectivity index (χ1v) is 10.3. The summed E-state index contributed by atoms with van der Waals surface area (Å²) in [6.07, 6.45) is 7.79. The number of nitrogens with zero attached hydrogens (tertiary/aromatic N) is 1. The van der Waals surface area contributed by atoms with Gasteiger partial charge in [-0.05, 0) is 36.4 Å². The molecule has 5 heteroatoms. The molecule has 2 aliphatic rings. The summed E-state index contributed by atoms with van der Waals surface area (Å²) in [6, 6.07) is 10.7. The minimum Gasteiger partial charge on any atom is -0.370 e. The highest BCUT2D eigenvalue weighted by atomic mass is 35.5. The number of ether oxygens (including phenoxy) is 1. The Kier molecular flexibility index (Phi) is 6.77. The lowest BCUT2D eigenvalue weighted by atomic mass is 9.75. The molecule has 0 spiro atoms. The highest BCUT2D eigenvalue weighted by Gasteiger charge is 2.42. The van der Waals surface area contributed by atoms with Crippen LogP contribution in [0.15, 0.2) is 54.1 Å². The van der Waals surface area contributed by atoms with Crippen molar-refractivity contribution in [3.05, 3.63) is 54.1 Å². The normalized spacial score (nSPS) is 32.0. The Morgan fingerprint density at radius 3 is 2.54 bits per heavy atom. The van der Waals surface area contributed by atoms with Gasteiger partial charge in [0.25, 0.3) is 0 Å². The van der Waals surface area contributed by atoms with Crippen LogP contribution in [0.4, 0.5) is 5.69 Å². The van der Waals surface area contributed by atoms with Gasteiger partial charge in [0.15, 0.2) is 0 Å². The van der Waals surface area contributed by atoms with Crippen LogP contribution in [0.25, 0.3) is 0 Å². The fourth-order valence-corrected chi connectivity index (χ4v) is 4.87. The maximum Gasteiger partial charge on any atom is 0.115 e. The van der Waals surface area contributed by atoms with Gasteiger partial charge in [-0.25, -0.2) is 0 Å². The van der Waals surface area contributed by atoms with Crippen LogP contribution in [0, 0.1) is 5.92 Å². The first-order chi connectivity index (χ1) is 12.6. The number of anilines is 1. The van der Waals surface area contributed by atoms with Gasteiger partial charge in [-0.3, -0.25) is 0 Å². The van der Waals surface area contributed by atoms with Crippen molar-refractivity contribution in [2.24, 2.45) is 5.92 Å². The zero-order chi connectivity index (χ0) is 18.7. The van der Waals surface area contributed by atoms with Crippen LogP contribution < -0.4 is 4.90 Å². The molecule has 5 unspecified atom stereocenters. The van der Waals surface area contributed by atoms with E-state index in [1.165, 1.54) is 11.3 Å². The van der Waals surface area contributed by atoms with Crippen molar-refractivity contribution in [2.45, 2.75) is 55.6 Å². The lowest BCUT2D eigenvalue weighted by molar-refractivity contribution is -0.0372. The number of hydrogen-bond acceptors (Lipinski definition) is 2. The van der Waals surface area contributed by atoms with Crippen LogP contribution in [0.2, 0.25) is 5.82 Å². The third-order valence-electron chi connectivity index (χ3n) is 5.51. The van der Waals surface area contributed by atoms with Crippen molar-refractivity contribution in [3.8, 4) is 0 Å². The predicted octanol–water partition coefficient (Wildman–Crippen LogP) is 5.32. The molecule has 1 fully saturated rings. The molecular weight excluding hydrogens is 364 g/mol. The minimum atomic E-state index is -0.503. The maximum absolute atomic E-state index is 6.51. The summed E-state index contributed by atoms with van der Waals surface area (Å²) < 4.78 is 6.51. The highest BCUT2D eigenvalue weighted by molar-refractivity contribution is 6.44. The van der Waals surface area contributed by atoms with Gasteiger partial charge in [0.2, 0.25) is 0 Å². The van der Waals surface area contributed by atoms with E-state index in [9.17, 15) is 0 Å². The van der Waals surface area contributed by atoms with Gasteiger partial charge in [0.05, 0.1) is 20.1 Å². The standard InChI is InChI=1S/C21H26BCl2NO/c1-3-17-19(21(23)24)18(4-2)26-20-14(9-8-12-16(20)22)13-25(17)15-10-6-5-7-11-15/h5-12,16-21H,3-4,13H2,1-2H3. The van der Waals surface area contributed by atoms with E-state index < -0.39 is 4.84 Å². The molecule has 0 N–H and O–H groups in total. The zero-order valence-corrected chi connectivity index (χ0v) is 16.9. The molecule has 0 amide bonds. The Morgan fingerprint density at radius 1 is 1.19 bits per heavy atom. The van der Waals surface area contributed by atoms with Crippen LogP contribution in [0.1, 0.15) is 26.7 Å². The van der Waals surface area contributed by atoms with E-state index in [4.69, 9.17) is 35.8 Å². The van der Waals surface area contributed by atoms with E-state index in [1.807, 2.05) is 18.2 Å². The van der Waals surface area contributed by atoms with E-state index in [-0.39, 0.29) is 30.0 Å². The number of benzene rings is 1. The third kappa shape index (κ3) is 4.00. The van der Waals surface area contributed by atoms with Gasteiger partial charge in [0, 0.05) is 24.2 Å². The number of alkyl halides is 2.